The largest absolute Gasteiger partial charge is 0.481 e. The Morgan fingerprint density at radius 2 is 2.10 bits per heavy atom. The molecular formula is C16H22N2O3. The number of rotatable bonds is 8. The summed E-state index contributed by atoms with van der Waals surface area (Å²) in [6.45, 7) is 5.59. The zero-order chi connectivity index (χ0) is 15.3. The number of carboxylic acids is 1. The first kappa shape index (κ1) is 15.5. The van der Waals surface area contributed by atoms with Gasteiger partial charge in [0.05, 0.1) is 6.54 Å². The predicted molar refractivity (Wildman–Crippen MR) is 81.0 cm³/mol. The highest BCUT2D eigenvalue weighted by molar-refractivity contribution is 5.72. The van der Waals surface area contributed by atoms with E-state index >= 15 is 0 Å². The third-order valence-electron chi connectivity index (χ3n) is 3.61. The van der Waals surface area contributed by atoms with Gasteiger partial charge >= 0.3 is 5.97 Å². The van der Waals surface area contributed by atoms with Gasteiger partial charge in [-0.3, -0.25) is 4.79 Å². The van der Waals surface area contributed by atoms with Gasteiger partial charge in [-0.1, -0.05) is 26.0 Å². The third kappa shape index (κ3) is 4.86. The van der Waals surface area contributed by atoms with Crippen LogP contribution < -0.4 is 5.32 Å². The lowest BCUT2D eigenvalue weighted by Crippen LogP contribution is -2.23. The molecule has 0 fully saturated rings. The van der Waals surface area contributed by atoms with Crippen molar-refractivity contribution in [1.29, 1.82) is 0 Å². The molecule has 0 unspecified atom stereocenters. The van der Waals surface area contributed by atoms with Gasteiger partial charge in [0.2, 0.25) is 5.89 Å². The molecule has 5 heteroatoms. The van der Waals surface area contributed by atoms with Crippen molar-refractivity contribution in [3.05, 3.63) is 30.2 Å². The van der Waals surface area contributed by atoms with E-state index in [-0.39, 0.29) is 11.8 Å². The van der Waals surface area contributed by atoms with Gasteiger partial charge in [-0.05, 0) is 36.9 Å². The molecule has 0 saturated carbocycles. The van der Waals surface area contributed by atoms with E-state index < -0.39 is 5.97 Å². The highest BCUT2D eigenvalue weighted by atomic mass is 16.4. The van der Waals surface area contributed by atoms with Crippen LogP contribution in [0.25, 0.3) is 11.1 Å². The zero-order valence-corrected chi connectivity index (χ0v) is 12.6. The summed E-state index contributed by atoms with van der Waals surface area (Å²) in [6, 6.07) is 7.70. The van der Waals surface area contributed by atoms with Gasteiger partial charge in [-0.25, -0.2) is 4.98 Å². The number of para-hydroxylation sites is 2. The maximum atomic E-state index is 10.6. The fourth-order valence-corrected chi connectivity index (χ4v) is 2.19. The second-order valence-corrected chi connectivity index (χ2v) is 6.06. The number of carboxylic acid groups (broad SMARTS) is 1. The van der Waals surface area contributed by atoms with Crippen LogP contribution in [0.1, 0.15) is 39.0 Å². The molecule has 0 aliphatic carbocycles. The molecule has 2 rings (SSSR count). The summed E-state index contributed by atoms with van der Waals surface area (Å²) < 4.78 is 5.63. The van der Waals surface area contributed by atoms with Gasteiger partial charge in [-0.2, -0.15) is 0 Å². The van der Waals surface area contributed by atoms with Crippen molar-refractivity contribution in [3.8, 4) is 0 Å². The summed E-state index contributed by atoms with van der Waals surface area (Å²) in [5.74, 6) is -0.0537. The molecule has 0 saturated heterocycles. The number of hydrogen-bond acceptors (Lipinski definition) is 4. The second-order valence-electron chi connectivity index (χ2n) is 6.06. The Balaban J connectivity index is 1.75. The van der Waals surface area contributed by atoms with E-state index in [0.717, 1.165) is 24.1 Å². The van der Waals surface area contributed by atoms with Crippen LogP contribution in [-0.2, 0) is 11.3 Å². The van der Waals surface area contributed by atoms with Gasteiger partial charge in [0.15, 0.2) is 5.58 Å². The Hall–Kier alpha value is -1.88. The van der Waals surface area contributed by atoms with Crippen molar-refractivity contribution in [1.82, 2.24) is 10.3 Å². The highest BCUT2D eigenvalue weighted by Gasteiger charge is 2.18. The van der Waals surface area contributed by atoms with Crippen LogP contribution in [0.3, 0.4) is 0 Å². The molecule has 0 bridgehead atoms. The number of nitrogens with zero attached hydrogens (tertiary/aromatic N) is 1. The fourth-order valence-electron chi connectivity index (χ4n) is 2.19. The number of carbonyl (C=O) groups is 1. The van der Waals surface area contributed by atoms with Crippen LogP contribution in [0.4, 0.5) is 0 Å². The van der Waals surface area contributed by atoms with Crippen LogP contribution >= 0.6 is 0 Å². The molecule has 0 atom stereocenters. The van der Waals surface area contributed by atoms with Crippen LogP contribution in [0.15, 0.2) is 28.7 Å². The van der Waals surface area contributed by atoms with Crippen molar-refractivity contribution in [2.75, 3.05) is 6.54 Å². The molecule has 2 N–H and O–H groups in total. The summed E-state index contributed by atoms with van der Waals surface area (Å²) in [5.41, 5.74) is 1.69. The molecule has 5 nitrogen and oxygen atoms in total. The van der Waals surface area contributed by atoms with E-state index in [0.29, 0.717) is 18.9 Å². The average Bonchev–Trinajstić information content (AvgIpc) is 2.84. The quantitative estimate of drug-likeness (QED) is 0.730. The van der Waals surface area contributed by atoms with Crippen LogP contribution in [0.5, 0.6) is 0 Å². The van der Waals surface area contributed by atoms with E-state index in [4.69, 9.17) is 9.52 Å². The van der Waals surface area contributed by atoms with Crippen molar-refractivity contribution in [2.24, 2.45) is 5.41 Å². The first-order chi connectivity index (χ1) is 9.96. The van der Waals surface area contributed by atoms with Crippen molar-refractivity contribution in [2.45, 2.75) is 39.7 Å². The minimum Gasteiger partial charge on any atom is -0.481 e. The summed E-state index contributed by atoms with van der Waals surface area (Å²) in [4.78, 5) is 15.0. The Morgan fingerprint density at radius 1 is 1.33 bits per heavy atom. The van der Waals surface area contributed by atoms with E-state index in [2.05, 4.69) is 24.1 Å². The molecule has 0 amide bonds. The summed E-state index contributed by atoms with van der Waals surface area (Å²) in [7, 11) is 0. The molecule has 21 heavy (non-hydrogen) atoms. The molecule has 0 aliphatic heterocycles. The number of nitrogens with one attached hydrogen (secondary N) is 1. The molecule has 1 aromatic heterocycles. The van der Waals surface area contributed by atoms with E-state index in [1.165, 1.54) is 0 Å². The molecule has 114 valence electrons. The Labute approximate surface area is 124 Å². The molecule has 2 aromatic rings. The maximum Gasteiger partial charge on any atom is 0.303 e. The van der Waals surface area contributed by atoms with Crippen LogP contribution in [0.2, 0.25) is 0 Å². The summed E-state index contributed by atoms with van der Waals surface area (Å²) in [6.07, 6.45) is 1.82. The molecule has 0 spiro atoms. The Kier molecular flexibility index (Phi) is 4.96. The first-order valence-corrected chi connectivity index (χ1v) is 7.23. The van der Waals surface area contributed by atoms with Crippen LogP contribution in [0, 0.1) is 5.41 Å². The zero-order valence-electron chi connectivity index (χ0n) is 12.6. The Bertz CT molecular complexity index is 571. The monoisotopic (exact) mass is 290 g/mol. The van der Waals surface area contributed by atoms with E-state index in [9.17, 15) is 4.79 Å². The maximum absolute atomic E-state index is 10.6. The topological polar surface area (TPSA) is 75.4 Å². The number of hydrogen-bond donors (Lipinski definition) is 2. The van der Waals surface area contributed by atoms with Crippen molar-refractivity contribution in [3.63, 3.8) is 0 Å². The molecule has 0 aliphatic rings. The van der Waals surface area contributed by atoms with E-state index in [1.54, 1.807) is 0 Å². The highest BCUT2D eigenvalue weighted by Crippen LogP contribution is 2.26. The normalized spacial score (nSPS) is 11.9. The molecule has 1 heterocycles. The molecule has 1 aromatic carbocycles. The average molecular weight is 290 g/mol. The predicted octanol–water partition coefficient (Wildman–Crippen LogP) is 3.20. The fraction of sp³-hybridized carbons (Fsp3) is 0.500. The molecule has 0 radical (unpaired) electrons. The Morgan fingerprint density at radius 3 is 2.81 bits per heavy atom. The number of oxazole rings is 1. The van der Waals surface area contributed by atoms with Gasteiger partial charge in [-0.15, -0.1) is 0 Å². The van der Waals surface area contributed by atoms with Gasteiger partial charge in [0.25, 0.3) is 0 Å². The number of fused-ring (bicyclic) bond motifs is 1. The minimum absolute atomic E-state index is 0.0205. The van der Waals surface area contributed by atoms with Crippen molar-refractivity contribution < 1.29 is 14.3 Å². The SMILES string of the molecule is CC(C)(CCNCc1nc2ccccc2o1)CCC(=O)O. The summed E-state index contributed by atoms with van der Waals surface area (Å²) >= 11 is 0. The number of aliphatic carboxylic acids is 1. The second kappa shape index (κ2) is 6.72. The lowest BCUT2D eigenvalue weighted by Gasteiger charge is -2.23. The van der Waals surface area contributed by atoms with Gasteiger partial charge in [0.1, 0.15) is 5.52 Å². The third-order valence-corrected chi connectivity index (χ3v) is 3.61. The minimum atomic E-state index is -0.734. The first-order valence-electron chi connectivity index (χ1n) is 7.23. The smallest absolute Gasteiger partial charge is 0.303 e. The van der Waals surface area contributed by atoms with Gasteiger partial charge in [0, 0.05) is 6.42 Å². The van der Waals surface area contributed by atoms with Crippen molar-refractivity contribution >= 4 is 17.1 Å². The lowest BCUT2D eigenvalue weighted by molar-refractivity contribution is -0.137. The van der Waals surface area contributed by atoms with E-state index in [1.807, 2.05) is 24.3 Å². The standard InChI is InChI=1S/C16H22N2O3/c1-16(2,8-7-15(19)20)9-10-17-11-14-18-12-5-3-4-6-13(12)21-14/h3-6,17H,7-11H2,1-2H3,(H,19,20). The van der Waals surface area contributed by atoms with Crippen LogP contribution in [-0.4, -0.2) is 22.6 Å². The molecular weight excluding hydrogens is 268 g/mol. The number of aromatic nitrogens is 1. The number of benzene rings is 1. The summed E-state index contributed by atoms with van der Waals surface area (Å²) in [5, 5.41) is 12.0. The van der Waals surface area contributed by atoms with Gasteiger partial charge < -0.3 is 14.8 Å². The lowest BCUT2D eigenvalue weighted by atomic mass is 9.84.